The van der Waals surface area contributed by atoms with Crippen LogP contribution in [0.5, 0.6) is 0 Å². The topological polar surface area (TPSA) is 37.9 Å². The third kappa shape index (κ3) is 3.18. The number of ether oxygens (including phenoxy) is 1. The van der Waals surface area contributed by atoms with E-state index in [-0.39, 0.29) is 6.10 Å². The van der Waals surface area contributed by atoms with Crippen LogP contribution in [0.3, 0.4) is 0 Å². The molecule has 1 aliphatic rings. The Morgan fingerprint density at radius 1 is 1.44 bits per heavy atom. The van der Waals surface area contributed by atoms with E-state index in [0.29, 0.717) is 17.2 Å². The molecule has 0 bridgehead atoms. The number of H-pyrrole nitrogens is 1. The molecule has 1 unspecified atom stereocenters. The normalized spacial score (nSPS) is 18.1. The number of aromatic nitrogens is 2. The lowest BCUT2D eigenvalue weighted by atomic mass is 10.0. The molecule has 1 heterocycles. The molecular weight excluding hydrogens is 244 g/mol. The van der Waals surface area contributed by atoms with Gasteiger partial charge in [-0.25, -0.2) is 4.98 Å². The van der Waals surface area contributed by atoms with Crippen molar-refractivity contribution in [1.82, 2.24) is 9.97 Å². The van der Waals surface area contributed by atoms with Gasteiger partial charge < -0.3 is 9.72 Å². The lowest BCUT2D eigenvalue weighted by molar-refractivity contribution is 0.0532. The van der Waals surface area contributed by atoms with Crippen molar-refractivity contribution in [3.8, 4) is 0 Å². The Hall–Kier alpha value is -0.740. The van der Waals surface area contributed by atoms with Crippen LogP contribution < -0.4 is 0 Å². The molecule has 100 valence electrons. The van der Waals surface area contributed by atoms with Crippen LogP contribution in [0.25, 0.3) is 0 Å². The highest BCUT2D eigenvalue weighted by Gasteiger charge is 2.20. The maximum atomic E-state index is 5.71. The zero-order valence-corrected chi connectivity index (χ0v) is 12.1. The first-order valence-electron chi connectivity index (χ1n) is 6.97. The van der Waals surface area contributed by atoms with E-state index in [1.54, 1.807) is 0 Å². The summed E-state index contributed by atoms with van der Waals surface area (Å²) in [6, 6.07) is 2.02. The molecule has 4 heteroatoms. The predicted molar refractivity (Wildman–Crippen MR) is 75.3 cm³/mol. The van der Waals surface area contributed by atoms with Crippen molar-refractivity contribution < 1.29 is 4.74 Å². The zero-order valence-electron chi connectivity index (χ0n) is 11.2. The fourth-order valence-corrected chi connectivity index (χ4v) is 2.92. The fourth-order valence-electron chi connectivity index (χ4n) is 2.70. The van der Waals surface area contributed by atoms with Gasteiger partial charge in [0, 0.05) is 12.3 Å². The minimum Gasteiger partial charge on any atom is -0.371 e. The van der Waals surface area contributed by atoms with Crippen LogP contribution in [0, 0.1) is 4.64 Å². The summed E-state index contributed by atoms with van der Waals surface area (Å²) in [6.07, 6.45) is 6.13. The van der Waals surface area contributed by atoms with Crippen molar-refractivity contribution in [2.24, 2.45) is 0 Å². The molecule has 2 rings (SSSR count). The third-order valence-electron chi connectivity index (χ3n) is 3.62. The molecular formula is C14H22N2OS. The van der Waals surface area contributed by atoms with Crippen molar-refractivity contribution in [2.75, 3.05) is 6.61 Å². The van der Waals surface area contributed by atoms with Gasteiger partial charge in [-0.1, -0.05) is 32.0 Å². The summed E-state index contributed by atoms with van der Waals surface area (Å²) in [5.74, 6) is 1.53. The van der Waals surface area contributed by atoms with Crippen LogP contribution in [0.1, 0.15) is 69.5 Å². The van der Waals surface area contributed by atoms with E-state index in [2.05, 4.69) is 16.9 Å². The van der Waals surface area contributed by atoms with Crippen LogP contribution in [0.2, 0.25) is 0 Å². The number of nitrogens with one attached hydrogen (secondary N) is 1. The van der Waals surface area contributed by atoms with Crippen molar-refractivity contribution in [1.29, 1.82) is 0 Å². The number of rotatable bonds is 5. The molecule has 0 radical (unpaired) electrons. The molecule has 1 atom stereocenters. The highest BCUT2D eigenvalue weighted by atomic mass is 32.1. The van der Waals surface area contributed by atoms with Crippen molar-refractivity contribution >= 4 is 12.2 Å². The standard InChI is InChI=1S/C14H22N2OS/c1-3-12(17-4-2)14-15-11(9-13(18)16-14)10-7-5-6-8-10/h9-10,12H,3-8H2,1-2H3,(H,15,16,18). The SMILES string of the molecule is CCOC(CC)c1nc(=S)cc(C2CCCC2)[nH]1. The van der Waals surface area contributed by atoms with Crippen LogP contribution in [-0.4, -0.2) is 16.6 Å². The average Bonchev–Trinajstić information content (AvgIpc) is 2.89. The van der Waals surface area contributed by atoms with Crippen molar-refractivity contribution in [2.45, 2.75) is 58.0 Å². The van der Waals surface area contributed by atoms with Gasteiger partial charge in [0.05, 0.1) is 0 Å². The molecule has 0 spiro atoms. The van der Waals surface area contributed by atoms with E-state index in [1.807, 2.05) is 13.0 Å². The van der Waals surface area contributed by atoms with E-state index in [1.165, 1.54) is 31.4 Å². The minimum absolute atomic E-state index is 0.0399. The molecule has 0 saturated heterocycles. The second-order valence-corrected chi connectivity index (χ2v) is 5.31. The average molecular weight is 266 g/mol. The number of hydrogen-bond donors (Lipinski definition) is 1. The van der Waals surface area contributed by atoms with E-state index >= 15 is 0 Å². The summed E-state index contributed by atoms with van der Waals surface area (Å²) in [5.41, 5.74) is 1.25. The predicted octanol–water partition coefficient (Wildman–Crippen LogP) is 4.28. The Morgan fingerprint density at radius 2 is 2.17 bits per heavy atom. The third-order valence-corrected chi connectivity index (χ3v) is 3.83. The fraction of sp³-hybridized carbons (Fsp3) is 0.714. The van der Waals surface area contributed by atoms with Gasteiger partial charge in [0.2, 0.25) is 0 Å². The molecule has 0 aliphatic heterocycles. The van der Waals surface area contributed by atoms with Crippen LogP contribution in [0.15, 0.2) is 6.07 Å². The highest BCUT2D eigenvalue weighted by molar-refractivity contribution is 7.71. The molecule has 1 fully saturated rings. The Morgan fingerprint density at radius 3 is 2.78 bits per heavy atom. The van der Waals surface area contributed by atoms with Gasteiger partial charge in [-0.15, -0.1) is 0 Å². The molecule has 1 aromatic rings. The molecule has 1 aliphatic carbocycles. The molecule has 1 aromatic heterocycles. The van der Waals surface area contributed by atoms with Gasteiger partial charge in [0.25, 0.3) is 0 Å². The quantitative estimate of drug-likeness (QED) is 0.808. The summed E-state index contributed by atoms with van der Waals surface area (Å²) < 4.78 is 6.39. The molecule has 18 heavy (non-hydrogen) atoms. The number of nitrogens with zero attached hydrogens (tertiary/aromatic N) is 1. The van der Waals surface area contributed by atoms with E-state index in [0.717, 1.165) is 12.2 Å². The summed E-state index contributed by atoms with van der Waals surface area (Å²) in [7, 11) is 0. The molecule has 1 saturated carbocycles. The lowest BCUT2D eigenvalue weighted by Crippen LogP contribution is -2.10. The van der Waals surface area contributed by atoms with Gasteiger partial charge in [-0.05, 0) is 38.2 Å². The Bertz CT molecular complexity index is 438. The van der Waals surface area contributed by atoms with E-state index in [9.17, 15) is 0 Å². The number of hydrogen-bond acceptors (Lipinski definition) is 3. The Kier molecular flexibility index (Phi) is 4.89. The van der Waals surface area contributed by atoms with Gasteiger partial charge in [-0.2, -0.15) is 0 Å². The van der Waals surface area contributed by atoms with Crippen LogP contribution in [-0.2, 0) is 4.74 Å². The maximum absolute atomic E-state index is 5.71. The van der Waals surface area contributed by atoms with E-state index < -0.39 is 0 Å². The van der Waals surface area contributed by atoms with Crippen molar-refractivity contribution in [3.63, 3.8) is 0 Å². The first-order valence-corrected chi connectivity index (χ1v) is 7.38. The van der Waals surface area contributed by atoms with Gasteiger partial charge in [0.15, 0.2) is 0 Å². The van der Waals surface area contributed by atoms with Gasteiger partial charge >= 0.3 is 0 Å². The second-order valence-electron chi connectivity index (χ2n) is 4.89. The van der Waals surface area contributed by atoms with Crippen LogP contribution in [0.4, 0.5) is 0 Å². The molecule has 0 aromatic carbocycles. The monoisotopic (exact) mass is 266 g/mol. The summed E-state index contributed by atoms with van der Waals surface area (Å²) in [6.45, 7) is 4.83. The van der Waals surface area contributed by atoms with Gasteiger partial charge in [0.1, 0.15) is 16.6 Å². The van der Waals surface area contributed by atoms with Crippen molar-refractivity contribution in [3.05, 3.63) is 22.2 Å². The second kappa shape index (κ2) is 6.43. The first-order chi connectivity index (χ1) is 8.74. The largest absolute Gasteiger partial charge is 0.371 e. The van der Waals surface area contributed by atoms with Gasteiger partial charge in [-0.3, -0.25) is 0 Å². The van der Waals surface area contributed by atoms with Crippen LogP contribution >= 0.6 is 12.2 Å². The maximum Gasteiger partial charge on any atom is 0.137 e. The molecule has 3 nitrogen and oxygen atoms in total. The van der Waals surface area contributed by atoms with E-state index in [4.69, 9.17) is 17.0 Å². The first kappa shape index (κ1) is 13.7. The lowest BCUT2D eigenvalue weighted by Gasteiger charge is -2.17. The molecule has 1 N–H and O–H groups in total. The summed E-state index contributed by atoms with van der Waals surface area (Å²) >= 11 is 5.29. The zero-order chi connectivity index (χ0) is 13.0. The smallest absolute Gasteiger partial charge is 0.137 e. The summed E-state index contributed by atoms with van der Waals surface area (Å²) in [4.78, 5) is 7.89. The number of aromatic amines is 1. The summed E-state index contributed by atoms with van der Waals surface area (Å²) in [5, 5.41) is 0. The molecule has 0 amide bonds. The highest BCUT2D eigenvalue weighted by Crippen LogP contribution is 2.33. The Balaban J connectivity index is 2.27. The minimum atomic E-state index is 0.0399. The Labute approximate surface area is 114 Å².